The Bertz CT molecular complexity index is 395. The SMILES string of the molecule is CCO[SiH](CCC1C2CCC(C2)C1C1CC2CCC1C2)OCC. The molecule has 0 amide bonds. The molecular weight excluding hydrogens is 300 g/mol. The first-order valence-corrected chi connectivity index (χ1v) is 12.3. The van der Waals surface area contributed by atoms with Crippen molar-refractivity contribution in [1.82, 2.24) is 0 Å². The largest absolute Gasteiger partial charge is 0.397 e. The summed E-state index contributed by atoms with van der Waals surface area (Å²) in [4.78, 5) is 0. The van der Waals surface area contributed by atoms with Crippen LogP contribution in [-0.4, -0.2) is 22.5 Å². The van der Waals surface area contributed by atoms with Gasteiger partial charge in [-0.15, -0.1) is 0 Å². The van der Waals surface area contributed by atoms with Crippen molar-refractivity contribution in [3.63, 3.8) is 0 Å². The van der Waals surface area contributed by atoms with Crippen molar-refractivity contribution in [2.24, 2.45) is 41.4 Å². The van der Waals surface area contributed by atoms with Crippen molar-refractivity contribution in [2.45, 2.75) is 71.3 Å². The number of rotatable bonds is 8. The van der Waals surface area contributed by atoms with Gasteiger partial charge in [-0.25, -0.2) is 0 Å². The summed E-state index contributed by atoms with van der Waals surface area (Å²) in [5, 5.41) is 0. The smallest absolute Gasteiger partial charge is 0.321 e. The molecule has 0 N–H and O–H groups in total. The van der Waals surface area contributed by atoms with Crippen molar-refractivity contribution < 1.29 is 8.85 Å². The highest BCUT2D eigenvalue weighted by molar-refractivity contribution is 6.44. The van der Waals surface area contributed by atoms with Gasteiger partial charge in [0.1, 0.15) is 0 Å². The Hall–Kier alpha value is 0.137. The molecule has 132 valence electrons. The average Bonchev–Trinajstić information content (AvgIpc) is 3.31. The highest BCUT2D eigenvalue weighted by atomic mass is 28.3. The Kier molecular flexibility index (Phi) is 5.17. The lowest BCUT2D eigenvalue weighted by molar-refractivity contribution is 0.100. The van der Waals surface area contributed by atoms with E-state index < -0.39 is 9.28 Å². The molecule has 0 aromatic heterocycles. The van der Waals surface area contributed by atoms with Gasteiger partial charge in [0.05, 0.1) is 0 Å². The van der Waals surface area contributed by atoms with E-state index >= 15 is 0 Å². The molecule has 4 rings (SSSR count). The Balaban J connectivity index is 1.39. The Labute approximate surface area is 144 Å². The third-order valence-electron chi connectivity index (χ3n) is 7.89. The van der Waals surface area contributed by atoms with Gasteiger partial charge in [-0.2, -0.15) is 0 Å². The zero-order valence-corrected chi connectivity index (χ0v) is 16.4. The molecule has 2 nitrogen and oxygen atoms in total. The molecular formula is C20H36O2Si. The van der Waals surface area contributed by atoms with Crippen LogP contribution < -0.4 is 0 Å². The Morgan fingerprint density at radius 1 is 0.826 bits per heavy atom. The second-order valence-electron chi connectivity index (χ2n) is 8.83. The van der Waals surface area contributed by atoms with Gasteiger partial charge in [-0.05, 0) is 106 Å². The lowest BCUT2D eigenvalue weighted by Gasteiger charge is -2.39. The molecule has 0 aromatic rings. The fraction of sp³-hybridized carbons (Fsp3) is 1.00. The lowest BCUT2D eigenvalue weighted by Crippen LogP contribution is -2.33. The van der Waals surface area contributed by atoms with Gasteiger partial charge in [0.15, 0.2) is 0 Å². The van der Waals surface area contributed by atoms with Gasteiger partial charge in [0.2, 0.25) is 0 Å². The molecule has 4 aliphatic rings. The Morgan fingerprint density at radius 2 is 1.57 bits per heavy atom. The highest BCUT2D eigenvalue weighted by Gasteiger charge is 2.54. The van der Waals surface area contributed by atoms with E-state index in [0.29, 0.717) is 0 Å². The fourth-order valence-corrected chi connectivity index (χ4v) is 9.06. The first kappa shape index (κ1) is 16.6. The molecule has 4 saturated carbocycles. The van der Waals surface area contributed by atoms with Gasteiger partial charge in [0.25, 0.3) is 0 Å². The summed E-state index contributed by atoms with van der Waals surface area (Å²) >= 11 is 0. The van der Waals surface area contributed by atoms with Gasteiger partial charge in [-0.3, -0.25) is 0 Å². The monoisotopic (exact) mass is 336 g/mol. The van der Waals surface area contributed by atoms with Crippen molar-refractivity contribution in [3.05, 3.63) is 0 Å². The van der Waals surface area contributed by atoms with Gasteiger partial charge < -0.3 is 8.85 Å². The van der Waals surface area contributed by atoms with Crippen LogP contribution in [0.5, 0.6) is 0 Å². The molecule has 0 aromatic carbocycles. The molecule has 0 saturated heterocycles. The number of hydrogen-bond donors (Lipinski definition) is 0. The van der Waals surface area contributed by atoms with E-state index in [9.17, 15) is 0 Å². The van der Waals surface area contributed by atoms with Crippen LogP contribution in [0.4, 0.5) is 0 Å². The van der Waals surface area contributed by atoms with Crippen LogP contribution in [0.25, 0.3) is 0 Å². The van der Waals surface area contributed by atoms with Crippen molar-refractivity contribution >= 4 is 9.28 Å². The van der Waals surface area contributed by atoms with Crippen LogP contribution in [0.1, 0.15) is 65.2 Å². The molecule has 23 heavy (non-hydrogen) atoms. The zero-order chi connectivity index (χ0) is 15.8. The maximum Gasteiger partial charge on any atom is 0.321 e. The third-order valence-corrected chi connectivity index (χ3v) is 10.1. The molecule has 0 spiro atoms. The van der Waals surface area contributed by atoms with Crippen molar-refractivity contribution in [2.75, 3.05) is 13.2 Å². The molecule has 0 aliphatic heterocycles. The quantitative estimate of drug-likeness (QED) is 0.595. The molecule has 7 unspecified atom stereocenters. The van der Waals surface area contributed by atoms with Crippen LogP contribution in [0.2, 0.25) is 6.04 Å². The lowest BCUT2D eigenvalue weighted by atomic mass is 9.66. The van der Waals surface area contributed by atoms with Crippen molar-refractivity contribution in [3.8, 4) is 0 Å². The van der Waals surface area contributed by atoms with E-state index in [2.05, 4.69) is 13.8 Å². The molecule has 4 aliphatic carbocycles. The molecule has 4 fully saturated rings. The van der Waals surface area contributed by atoms with E-state index in [1.54, 1.807) is 38.5 Å². The van der Waals surface area contributed by atoms with Crippen LogP contribution in [0, 0.1) is 41.4 Å². The van der Waals surface area contributed by atoms with Crippen LogP contribution >= 0.6 is 0 Å². The van der Waals surface area contributed by atoms with Gasteiger partial charge in [0, 0.05) is 13.2 Å². The average molecular weight is 337 g/mol. The summed E-state index contributed by atoms with van der Waals surface area (Å²) in [5.74, 6) is 7.58. The summed E-state index contributed by atoms with van der Waals surface area (Å²) in [5.41, 5.74) is 0. The van der Waals surface area contributed by atoms with Gasteiger partial charge in [-0.1, -0.05) is 6.42 Å². The summed E-state index contributed by atoms with van der Waals surface area (Å²) in [7, 11) is -1.39. The van der Waals surface area contributed by atoms with E-state index in [1.807, 2.05) is 0 Å². The van der Waals surface area contributed by atoms with Crippen LogP contribution in [-0.2, 0) is 8.85 Å². The predicted molar refractivity (Wildman–Crippen MR) is 96.6 cm³/mol. The minimum absolute atomic E-state index is 0.837. The minimum atomic E-state index is -1.39. The second-order valence-corrected chi connectivity index (χ2v) is 10.9. The molecule has 0 heterocycles. The fourth-order valence-electron chi connectivity index (χ4n) is 7.23. The van der Waals surface area contributed by atoms with Gasteiger partial charge >= 0.3 is 9.28 Å². The van der Waals surface area contributed by atoms with E-state index in [4.69, 9.17) is 8.85 Å². The van der Waals surface area contributed by atoms with E-state index in [-0.39, 0.29) is 0 Å². The van der Waals surface area contributed by atoms with Crippen LogP contribution in [0.3, 0.4) is 0 Å². The first-order valence-electron chi connectivity index (χ1n) is 10.5. The zero-order valence-electron chi connectivity index (χ0n) is 15.2. The molecule has 0 radical (unpaired) electrons. The minimum Gasteiger partial charge on any atom is -0.397 e. The molecule has 7 atom stereocenters. The predicted octanol–water partition coefficient (Wildman–Crippen LogP) is 4.77. The summed E-state index contributed by atoms with van der Waals surface area (Å²) in [6.45, 7) is 5.91. The third kappa shape index (κ3) is 3.18. The van der Waals surface area contributed by atoms with Crippen LogP contribution in [0.15, 0.2) is 0 Å². The topological polar surface area (TPSA) is 18.5 Å². The maximum atomic E-state index is 5.95. The standard InChI is InChI=1S/C20H36O2Si/c1-3-21-23(22-4-2)10-9-18-16-7-8-17(13-16)20(18)19-12-14-5-6-15(19)11-14/h14-20,23H,3-13H2,1-2H3. The summed E-state index contributed by atoms with van der Waals surface area (Å²) in [6, 6.07) is 1.26. The first-order chi connectivity index (χ1) is 11.3. The van der Waals surface area contributed by atoms with E-state index in [1.165, 1.54) is 18.9 Å². The maximum absolute atomic E-state index is 5.95. The number of hydrogen-bond acceptors (Lipinski definition) is 2. The molecule has 4 bridgehead atoms. The molecule has 3 heteroatoms. The van der Waals surface area contributed by atoms with Crippen molar-refractivity contribution in [1.29, 1.82) is 0 Å². The number of fused-ring (bicyclic) bond motifs is 4. The summed E-state index contributed by atoms with van der Waals surface area (Å²) in [6.07, 6.45) is 12.4. The Morgan fingerprint density at radius 3 is 2.22 bits per heavy atom. The highest BCUT2D eigenvalue weighted by Crippen LogP contribution is 2.62. The normalized spacial score (nSPS) is 44.7. The van der Waals surface area contributed by atoms with E-state index in [0.717, 1.165) is 54.6 Å². The second kappa shape index (κ2) is 7.17. The summed E-state index contributed by atoms with van der Waals surface area (Å²) < 4.78 is 11.9.